The van der Waals surface area contributed by atoms with Gasteiger partial charge in [0.05, 0.1) is 0 Å². The first-order chi connectivity index (χ1) is 9.38. The molecule has 5 nitrogen and oxygen atoms in total. The fraction of sp³-hybridized carbons (Fsp3) is 0.357. The fourth-order valence-electron chi connectivity index (χ4n) is 1.49. The highest BCUT2D eigenvalue weighted by molar-refractivity contribution is 8.13. The quantitative estimate of drug-likeness (QED) is 0.613. The first-order valence-electron chi connectivity index (χ1n) is 6.01. The summed E-state index contributed by atoms with van der Waals surface area (Å²) in [4.78, 5) is 32.9. The van der Waals surface area contributed by atoms with E-state index in [-0.39, 0.29) is 16.6 Å². The van der Waals surface area contributed by atoms with E-state index in [1.165, 1.54) is 32.5 Å². The zero-order valence-corrected chi connectivity index (χ0v) is 12.4. The molecule has 1 aromatic carbocycles. The van der Waals surface area contributed by atoms with Crippen LogP contribution in [0.25, 0.3) is 0 Å². The number of esters is 2. The SMILES string of the molecule is CC(=O)Oc1ccc(CCSC(C)=O)cc1OC(C)=O. The molecule has 1 rings (SSSR count). The number of thioether (sulfide) groups is 1. The number of hydrogen-bond acceptors (Lipinski definition) is 6. The van der Waals surface area contributed by atoms with E-state index in [1.807, 2.05) is 0 Å². The normalized spacial score (nSPS) is 9.95. The highest BCUT2D eigenvalue weighted by atomic mass is 32.2. The Balaban J connectivity index is 2.86. The second-order valence-electron chi connectivity index (χ2n) is 4.06. The molecule has 0 heterocycles. The molecule has 0 aliphatic rings. The summed E-state index contributed by atoms with van der Waals surface area (Å²) in [5.41, 5.74) is 0.894. The van der Waals surface area contributed by atoms with Crippen molar-refractivity contribution in [3.05, 3.63) is 23.8 Å². The Morgan fingerprint density at radius 1 is 1.00 bits per heavy atom. The molecule has 20 heavy (non-hydrogen) atoms. The molecule has 0 saturated carbocycles. The van der Waals surface area contributed by atoms with Crippen LogP contribution in [0.3, 0.4) is 0 Å². The van der Waals surface area contributed by atoms with Crippen LogP contribution in [0.5, 0.6) is 11.5 Å². The van der Waals surface area contributed by atoms with Crippen molar-refractivity contribution in [1.82, 2.24) is 0 Å². The number of ether oxygens (including phenoxy) is 2. The molecule has 0 N–H and O–H groups in total. The van der Waals surface area contributed by atoms with Crippen molar-refractivity contribution in [2.24, 2.45) is 0 Å². The van der Waals surface area contributed by atoms with E-state index >= 15 is 0 Å². The van der Waals surface area contributed by atoms with Gasteiger partial charge in [-0.3, -0.25) is 14.4 Å². The Morgan fingerprint density at radius 2 is 1.60 bits per heavy atom. The smallest absolute Gasteiger partial charge is 0.308 e. The average molecular weight is 296 g/mol. The first-order valence-corrected chi connectivity index (χ1v) is 7.00. The Kier molecular flexibility index (Phi) is 6.24. The summed E-state index contributed by atoms with van der Waals surface area (Å²) in [5.74, 6) is 0.0718. The maximum atomic E-state index is 11.1. The topological polar surface area (TPSA) is 69.7 Å². The van der Waals surface area contributed by atoms with E-state index in [4.69, 9.17) is 9.47 Å². The fourth-order valence-corrected chi connectivity index (χ4v) is 2.12. The van der Waals surface area contributed by atoms with Gasteiger partial charge in [-0.25, -0.2) is 0 Å². The molecular weight excluding hydrogens is 280 g/mol. The second-order valence-corrected chi connectivity index (χ2v) is 5.33. The van der Waals surface area contributed by atoms with Crippen molar-refractivity contribution in [2.75, 3.05) is 5.75 Å². The predicted octanol–water partition coefficient (Wildman–Crippen LogP) is 2.36. The summed E-state index contributed by atoms with van der Waals surface area (Å²) in [6.07, 6.45) is 0.652. The standard InChI is InChI=1S/C14H16O5S/c1-9(15)18-13-5-4-12(6-7-20-11(3)17)8-14(13)19-10(2)16/h4-5,8H,6-7H2,1-3H3. The van der Waals surface area contributed by atoms with Crippen molar-refractivity contribution >= 4 is 28.8 Å². The van der Waals surface area contributed by atoms with Crippen molar-refractivity contribution in [3.8, 4) is 11.5 Å². The van der Waals surface area contributed by atoms with Crippen LogP contribution >= 0.6 is 11.8 Å². The van der Waals surface area contributed by atoms with Gasteiger partial charge in [0.15, 0.2) is 16.6 Å². The second kappa shape index (κ2) is 7.69. The maximum Gasteiger partial charge on any atom is 0.308 e. The summed E-state index contributed by atoms with van der Waals surface area (Å²) in [6.45, 7) is 4.06. The minimum Gasteiger partial charge on any atom is -0.423 e. The Bertz CT molecular complexity index is 524. The summed E-state index contributed by atoms with van der Waals surface area (Å²) < 4.78 is 9.99. The van der Waals surface area contributed by atoms with Crippen molar-refractivity contribution in [3.63, 3.8) is 0 Å². The predicted molar refractivity (Wildman–Crippen MR) is 75.9 cm³/mol. The molecule has 0 atom stereocenters. The van der Waals surface area contributed by atoms with E-state index in [1.54, 1.807) is 18.2 Å². The van der Waals surface area contributed by atoms with Crippen LogP contribution in [0.2, 0.25) is 0 Å². The molecule has 0 fully saturated rings. The maximum absolute atomic E-state index is 11.1. The minimum atomic E-state index is -0.492. The average Bonchev–Trinajstić information content (AvgIpc) is 2.30. The van der Waals surface area contributed by atoms with E-state index in [0.29, 0.717) is 12.2 Å². The van der Waals surface area contributed by atoms with Crippen molar-refractivity contribution in [1.29, 1.82) is 0 Å². The van der Waals surface area contributed by atoms with Crippen LogP contribution in [0.15, 0.2) is 18.2 Å². The molecule has 0 radical (unpaired) electrons. The molecule has 0 aliphatic heterocycles. The van der Waals surface area contributed by atoms with Gasteiger partial charge in [0.25, 0.3) is 0 Å². The monoisotopic (exact) mass is 296 g/mol. The van der Waals surface area contributed by atoms with Gasteiger partial charge in [0.2, 0.25) is 0 Å². The summed E-state index contributed by atoms with van der Waals surface area (Å²) in [7, 11) is 0. The number of carbonyl (C=O) groups is 3. The summed E-state index contributed by atoms with van der Waals surface area (Å²) in [6, 6.07) is 4.99. The van der Waals surface area contributed by atoms with E-state index < -0.39 is 11.9 Å². The van der Waals surface area contributed by atoms with Gasteiger partial charge in [0.1, 0.15) is 0 Å². The van der Waals surface area contributed by atoms with Crippen LogP contribution in [-0.2, 0) is 20.8 Å². The van der Waals surface area contributed by atoms with Crippen LogP contribution in [0, 0.1) is 0 Å². The number of hydrogen-bond donors (Lipinski definition) is 0. The number of rotatable bonds is 5. The molecule has 0 unspecified atom stereocenters. The first kappa shape index (κ1) is 16.2. The van der Waals surface area contributed by atoms with Crippen LogP contribution in [-0.4, -0.2) is 22.8 Å². The van der Waals surface area contributed by atoms with Gasteiger partial charge in [-0.15, -0.1) is 0 Å². The van der Waals surface area contributed by atoms with Gasteiger partial charge < -0.3 is 9.47 Å². The lowest BCUT2D eigenvalue weighted by Crippen LogP contribution is -2.07. The Hall–Kier alpha value is -1.82. The van der Waals surface area contributed by atoms with E-state index in [2.05, 4.69) is 0 Å². The van der Waals surface area contributed by atoms with Gasteiger partial charge in [-0.05, 0) is 24.1 Å². The number of carbonyl (C=O) groups excluding carboxylic acids is 3. The van der Waals surface area contributed by atoms with Gasteiger partial charge >= 0.3 is 11.9 Å². The van der Waals surface area contributed by atoms with Crippen molar-refractivity contribution < 1.29 is 23.9 Å². The van der Waals surface area contributed by atoms with Crippen LogP contribution in [0.1, 0.15) is 26.3 Å². The molecule has 1 aromatic rings. The molecule has 0 spiro atoms. The minimum absolute atomic E-state index is 0.0572. The third-order valence-corrected chi connectivity index (χ3v) is 3.03. The Labute approximate surface area is 121 Å². The lowest BCUT2D eigenvalue weighted by atomic mass is 10.1. The molecule has 0 aliphatic carbocycles. The molecule has 0 saturated heterocycles. The molecule has 0 amide bonds. The van der Waals surface area contributed by atoms with Gasteiger partial charge in [0, 0.05) is 26.5 Å². The molecule has 6 heteroatoms. The lowest BCUT2D eigenvalue weighted by molar-refractivity contribution is -0.134. The largest absolute Gasteiger partial charge is 0.423 e. The highest BCUT2D eigenvalue weighted by Crippen LogP contribution is 2.29. The van der Waals surface area contributed by atoms with E-state index in [9.17, 15) is 14.4 Å². The Morgan fingerprint density at radius 3 is 2.15 bits per heavy atom. The molecule has 0 bridgehead atoms. The molecule has 108 valence electrons. The number of aryl methyl sites for hydroxylation is 1. The van der Waals surface area contributed by atoms with Gasteiger partial charge in [-0.2, -0.15) is 0 Å². The molecule has 0 aromatic heterocycles. The summed E-state index contributed by atoms with van der Waals surface area (Å²) >= 11 is 1.23. The zero-order valence-electron chi connectivity index (χ0n) is 11.6. The van der Waals surface area contributed by atoms with Crippen molar-refractivity contribution in [2.45, 2.75) is 27.2 Å². The van der Waals surface area contributed by atoms with Crippen LogP contribution in [0.4, 0.5) is 0 Å². The van der Waals surface area contributed by atoms with Gasteiger partial charge in [-0.1, -0.05) is 17.8 Å². The third kappa shape index (κ3) is 5.88. The summed E-state index contributed by atoms with van der Waals surface area (Å²) in [5, 5.41) is 0.0572. The van der Waals surface area contributed by atoms with Crippen LogP contribution < -0.4 is 9.47 Å². The lowest BCUT2D eigenvalue weighted by Gasteiger charge is -2.10. The van der Waals surface area contributed by atoms with E-state index in [0.717, 1.165) is 5.56 Å². The zero-order chi connectivity index (χ0) is 15.1. The highest BCUT2D eigenvalue weighted by Gasteiger charge is 2.11. The molecular formula is C14H16O5S. The third-order valence-electron chi connectivity index (χ3n) is 2.21. The number of benzene rings is 1.